The Morgan fingerprint density at radius 3 is 2.78 bits per heavy atom. The monoisotopic (exact) mass is 395 g/mol. The highest BCUT2D eigenvalue weighted by Gasteiger charge is 2.30. The van der Waals surface area contributed by atoms with Gasteiger partial charge in [0, 0.05) is 11.7 Å². The van der Waals surface area contributed by atoms with Crippen molar-refractivity contribution in [3.05, 3.63) is 47.3 Å². The van der Waals surface area contributed by atoms with Gasteiger partial charge < -0.3 is 5.32 Å². The number of nitriles is 1. The number of hydrogen-bond acceptors (Lipinski definition) is 6. The highest BCUT2D eigenvalue weighted by atomic mass is 32.2. The zero-order valence-electron chi connectivity index (χ0n) is 14.5. The molecule has 1 N–H and O–H groups in total. The molecule has 27 heavy (non-hydrogen) atoms. The fourth-order valence-corrected chi connectivity index (χ4v) is 4.25. The van der Waals surface area contributed by atoms with Gasteiger partial charge in [0.15, 0.2) is 11.0 Å². The van der Waals surface area contributed by atoms with Crippen LogP contribution in [-0.4, -0.2) is 26.4 Å². The Kier molecular flexibility index (Phi) is 5.23. The quantitative estimate of drug-likeness (QED) is 0.608. The number of thioether (sulfide) groups is 1. The average molecular weight is 396 g/mol. The number of benzene rings is 1. The number of nitrogens with zero attached hydrogens (tertiary/aromatic N) is 4. The molecule has 1 saturated carbocycles. The summed E-state index contributed by atoms with van der Waals surface area (Å²) in [6.45, 7) is 0. The molecular formula is C19H17N5OS2. The third-order valence-corrected chi connectivity index (χ3v) is 5.98. The van der Waals surface area contributed by atoms with E-state index in [0.29, 0.717) is 12.5 Å². The fourth-order valence-electron chi connectivity index (χ4n) is 2.74. The van der Waals surface area contributed by atoms with Crippen molar-refractivity contribution in [3.8, 4) is 16.8 Å². The number of amides is 1. The smallest absolute Gasteiger partial charge is 0.234 e. The van der Waals surface area contributed by atoms with Gasteiger partial charge in [0.1, 0.15) is 0 Å². The lowest BCUT2D eigenvalue weighted by Crippen LogP contribution is -2.14. The number of rotatable bonds is 7. The predicted molar refractivity (Wildman–Crippen MR) is 107 cm³/mol. The van der Waals surface area contributed by atoms with Crippen molar-refractivity contribution >= 4 is 34.7 Å². The Morgan fingerprint density at radius 1 is 1.30 bits per heavy atom. The topological polar surface area (TPSA) is 83.6 Å². The first-order valence-electron chi connectivity index (χ1n) is 8.62. The van der Waals surface area contributed by atoms with Crippen LogP contribution in [0.4, 0.5) is 5.69 Å². The number of carbonyl (C=O) groups is 1. The molecule has 4 rings (SSSR count). The van der Waals surface area contributed by atoms with Crippen LogP contribution in [0, 0.1) is 11.3 Å². The molecule has 1 aliphatic rings. The Hall–Kier alpha value is -2.63. The number of carbonyl (C=O) groups excluding carboxylic acids is 1. The Labute approximate surface area is 165 Å². The first-order valence-corrected chi connectivity index (χ1v) is 10.5. The van der Waals surface area contributed by atoms with E-state index in [4.69, 9.17) is 5.26 Å². The molecule has 0 spiro atoms. The van der Waals surface area contributed by atoms with Gasteiger partial charge >= 0.3 is 0 Å². The number of thiophene rings is 1. The lowest BCUT2D eigenvalue weighted by molar-refractivity contribution is -0.113. The van der Waals surface area contributed by atoms with E-state index in [0.717, 1.165) is 40.0 Å². The molecule has 1 aromatic carbocycles. The molecule has 0 aliphatic heterocycles. The highest BCUT2D eigenvalue weighted by Crippen LogP contribution is 2.41. The van der Waals surface area contributed by atoms with Crippen molar-refractivity contribution < 1.29 is 4.79 Å². The van der Waals surface area contributed by atoms with Crippen LogP contribution in [0.5, 0.6) is 0 Å². The highest BCUT2D eigenvalue weighted by molar-refractivity contribution is 7.99. The standard InChI is InChI=1S/C19H17N5OS2/c20-10-9-13-3-5-14(6-4-13)21-17(25)12-27-19-23-22-18(16-2-1-11-26-16)24(19)15-7-8-15/h1-6,11,15H,7-9,12H2,(H,21,25). The molecule has 8 heteroatoms. The molecule has 2 aromatic heterocycles. The molecule has 1 amide bonds. The van der Waals surface area contributed by atoms with Crippen LogP contribution >= 0.6 is 23.1 Å². The van der Waals surface area contributed by atoms with Crippen LogP contribution in [0.15, 0.2) is 46.9 Å². The number of anilines is 1. The van der Waals surface area contributed by atoms with Gasteiger partial charge in [-0.3, -0.25) is 9.36 Å². The maximum Gasteiger partial charge on any atom is 0.234 e. The number of aromatic nitrogens is 3. The minimum atomic E-state index is -0.0870. The average Bonchev–Trinajstić information content (AvgIpc) is 3.19. The van der Waals surface area contributed by atoms with Crippen LogP contribution in [-0.2, 0) is 11.2 Å². The first kappa shape index (κ1) is 17.8. The number of hydrogen-bond donors (Lipinski definition) is 1. The van der Waals surface area contributed by atoms with Crippen molar-refractivity contribution in [2.45, 2.75) is 30.5 Å². The minimum Gasteiger partial charge on any atom is -0.325 e. The summed E-state index contributed by atoms with van der Waals surface area (Å²) in [6, 6.07) is 13.9. The van der Waals surface area contributed by atoms with Crippen LogP contribution < -0.4 is 5.32 Å². The van der Waals surface area contributed by atoms with E-state index in [2.05, 4.69) is 26.2 Å². The molecule has 1 fully saturated rings. The van der Waals surface area contributed by atoms with Crippen molar-refractivity contribution in [1.29, 1.82) is 5.26 Å². The Balaban J connectivity index is 1.40. The van der Waals surface area contributed by atoms with Gasteiger partial charge in [-0.15, -0.1) is 21.5 Å². The zero-order valence-corrected chi connectivity index (χ0v) is 16.1. The molecule has 0 bridgehead atoms. The summed E-state index contributed by atoms with van der Waals surface area (Å²) >= 11 is 3.06. The molecule has 0 radical (unpaired) electrons. The lowest BCUT2D eigenvalue weighted by atomic mass is 10.1. The van der Waals surface area contributed by atoms with Gasteiger partial charge in [-0.25, -0.2) is 0 Å². The van der Waals surface area contributed by atoms with E-state index in [9.17, 15) is 4.79 Å². The first-order chi connectivity index (χ1) is 13.2. The van der Waals surface area contributed by atoms with E-state index < -0.39 is 0 Å². The summed E-state index contributed by atoms with van der Waals surface area (Å²) < 4.78 is 2.17. The van der Waals surface area contributed by atoms with Gasteiger partial charge in [0.2, 0.25) is 5.91 Å². The summed E-state index contributed by atoms with van der Waals surface area (Å²) in [4.78, 5) is 13.4. The second kappa shape index (κ2) is 7.94. The molecule has 2 heterocycles. The molecule has 0 saturated heterocycles. The van der Waals surface area contributed by atoms with Crippen LogP contribution in [0.25, 0.3) is 10.7 Å². The van der Waals surface area contributed by atoms with Crippen LogP contribution in [0.2, 0.25) is 0 Å². The molecule has 0 atom stereocenters. The van der Waals surface area contributed by atoms with Gasteiger partial charge in [0.25, 0.3) is 0 Å². The van der Waals surface area contributed by atoms with E-state index in [1.165, 1.54) is 11.8 Å². The Morgan fingerprint density at radius 2 is 2.11 bits per heavy atom. The van der Waals surface area contributed by atoms with Crippen molar-refractivity contribution in [3.63, 3.8) is 0 Å². The van der Waals surface area contributed by atoms with E-state index in [-0.39, 0.29) is 11.7 Å². The largest absolute Gasteiger partial charge is 0.325 e. The third-order valence-electron chi connectivity index (χ3n) is 4.17. The van der Waals surface area contributed by atoms with Crippen molar-refractivity contribution in [2.75, 3.05) is 11.1 Å². The molecule has 0 unspecified atom stereocenters. The molecule has 1 aliphatic carbocycles. The van der Waals surface area contributed by atoms with Gasteiger partial charge in [0.05, 0.1) is 23.1 Å². The van der Waals surface area contributed by atoms with E-state index in [1.54, 1.807) is 11.3 Å². The summed E-state index contributed by atoms with van der Waals surface area (Å²) in [5.41, 5.74) is 1.66. The second-order valence-corrected chi connectivity index (χ2v) is 8.14. The summed E-state index contributed by atoms with van der Waals surface area (Å²) in [5.74, 6) is 1.08. The summed E-state index contributed by atoms with van der Waals surface area (Å²) in [6.07, 6.45) is 2.63. The second-order valence-electron chi connectivity index (χ2n) is 6.25. The van der Waals surface area contributed by atoms with Crippen LogP contribution in [0.1, 0.15) is 24.4 Å². The lowest BCUT2D eigenvalue weighted by Gasteiger charge is -2.08. The third kappa shape index (κ3) is 4.21. The minimum absolute atomic E-state index is 0.0870. The Bertz CT molecular complexity index is 969. The summed E-state index contributed by atoms with van der Waals surface area (Å²) in [5, 5.41) is 23.1. The molecule has 136 valence electrons. The normalized spacial score (nSPS) is 13.3. The van der Waals surface area contributed by atoms with Crippen molar-refractivity contribution in [2.24, 2.45) is 0 Å². The maximum atomic E-state index is 12.3. The maximum absolute atomic E-state index is 12.3. The zero-order chi connectivity index (χ0) is 18.6. The van der Waals surface area contributed by atoms with Gasteiger partial charge in [-0.2, -0.15) is 5.26 Å². The molecular weight excluding hydrogens is 378 g/mol. The van der Waals surface area contributed by atoms with Gasteiger partial charge in [-0.1, -0.05) is 30.0 Å². The number of nitrogens with one attached hydrogen (secondary N) is 1. The predicted octanol–water partition coefficient (Wildman–Crippen LogP) is 4.14. The molecule has 3 aromatic rings. The molecule has 6 nitrogen and oxygen atoms in total. The van der Waals surface area contributed by atoms with Gasteiger partial charge in [-0.05, 0) is 42.0 Å². The fraction of sp³-hybridized carbons (Fsp3) is 0.263. The summed E-state index contributed by atoms with van der Waals surface area (Å²) in [7, 11) is 0. The van der Waals surface area contributed by atoms with Crippen LogP contribution in [0.3, 0.4) is 0 Å². The van der Waals surface area contributed by atoms with E-state index >= 15 is 0 Å². The van der Waals surface area contributed by atoms with Crippen molar-refractivity contribution in [1.82, 2.24) is 14.8 Å². The SMILES string of the molecule is N#CCc1ccc(NC(=O)CSc2nnc(-c3cccs3)n2C2CC2)cc1. The van der Waals surface area contributed by atoms with E-state index in [1.807, 2.05) is 41.8 Å².